The van der Waals surface area contributed by atoms with Crippen LogP contribution < -0.4 is 11.1 Å². The second-order valence-electron chi connectivity index (χ2n) is 6.42. The van der Waals surface area contributed by atoms with Crippen LogP contribution in [0.15, 0.2) is 0 Å². The molecule has 1 heterocycles. The predicted octanol–water partition coefficient (Wildman–Crippen LogP) is 2.66. The molecule has 0 spiro atoms. The van der Waals surface area contributed by atoms with Crippen LogP contribution in [0.1, 0.15) is 51.9 Å². The molecule has 114 valence electrons. The van der Waals surface area contributed by atoms with Crippen LogP contribution in [0.5, 0.6) is 0 Å². The van der Waals surface area contributed by atoms with Crippen molar-refractivity contribution in [2.24, 2.45) is 17.6 Å². The molecule has 3 N–H and O–H groups in total. The summed E-state index contributed by atoms with van der Waals surface area (Å²) in [6, 6.07) is -0.116. The van der Waals surface area contributed by atoms with Gasteiger partial charge in [-0.25, -0.2) is 4.79 Å². The second-order valence-corrected chi connectivity index (χ2v) is 6.89. The number of carbonyl (C=O) groups excluding carboxylic acids is 1. The number of hydrogen-bond donors (Lipinski definition) is 2. The maximum absolute atomic E-state index is 12.4. The number of thiocarbonyl (C=S) groups is 1. The van der Waals surface area contributed by atoms with Gasteiger partial charge in [-0.2, -0.15) is 0 Å². The fraction of sp³-hybridized carbons (Fsp3) is 0.867. The molecular weight excluding hydrogens is 270 g/mol. The molecule has 1 saturated heterocycles. The SMILES string of the molecule is CC1CCCN(C(=O)NC(C(N)=S)C2CCCCC2)C1. The van der Waals surface area contributed by atoms with Crippen molar-refractivity contribution < 1.29 is 4.79 Å². The van der Waals surface area contributed by atoms with Gasteiger partial charge in [-0.15, -0.1) is 0 Å². The van der Waals surface area contributed by atoms with Crippen molar-refractivity contribution in [1.82, 2.24) is 10.2 Å². The third kappa shape index (κ3) is 4.08. The molecule has 0 aromatic rings. The summed E-state index contributed by atoms with van der Waals surface area (Å²) < 4.78 is 0. The van der Waals surface area contributed by atoms with Gasteiger partial charge in [0.2, 0.25) is 0 Å². The molecule has 1 aliphatic heterocycles. The fourth-order valence-electron chi connectivity index (χ4n) is 3.49. The Morgan fingerprint density at radius 2 is 1.95 bits per heavy atom. The molecule has 0 bridgehead atoms. The van der Waals surface area contributed by atoms with Gasteiger partial charge in [-0.3, -0.25) is 0 Å². The summed E-state index contributed by atoms with van der Waals surface area (Å²) in [7, 11) is 0. The Morgan fingerprint density at radius 3 is 2.55 bits per heavy atom. The Balaban J connectivity index is 1.93. The van der Waals surface area contributed by atoms with E-state index >= 15 is 0 Å². The van der Waals surface area contributed by atoms with Crippen LogP contribution in [-0.4, -0.2) is 35.1 Å². The van der Waals surface area contributed by atoms with E-state index in [0.29, 0.717) is 16.8 Å². The highest BCUT2D eigenvalue weighted by atomic mass is 32.1. The lowest BCUT2D eigenvalue weighted by Gasteiger charge is -2.35. The van der Waals surface area contributed by atoms with Crippen molar-refractivity contribution in [2.75, 3.05) is 13.1 Å². The number of amides is 2. The lowest BCUT2D eigenvalue weighted by molar-refractivity contribution is 0.164. The number of nitrogens with two attached hydrogens (primary N) is 1. The van der Waals surface area contributed by atoms with Crippen LogP contribution in [0.4, 0.5) is 4.79 Å². The van der Waals surface area contributed by atoms with Crippen molar-refractivity contribution in [3.63, 3.8) is 0 Å². The molecule has 20 heavy (non-hydrogen) atoms. The first-order valence-corrected chi connectivity index (χ1v) is 8.33. The van der Waals surface area contributed by atoms with E-state index in [1.807, 2.05) is 4.90 Å². The smallest absolute Gasteiger partial charge is 0.317 e. The standard InChI is InChI=1S/C15H27N3OS/c1-11-6-5-9-18(10-11)15(19)17-13(14(16)20)12-7-3-2-4-8-12/h11-13H,2-10H2,1H3,(H2,16,20)(H,17,19). The van der Waals surface area contributed by atoms with E-state index in [1.165, 1.54) is 25.7 Å². The minimum Gasteiger partial charge on any atom is -0.392 e. The number of hydrogen-bond acceptors (Lipinski definition) is 2. The molecule has 2 amide bonds. The molecule has 0 radical (unpaired) electrons. The molecule has 2 rings (SSSR count). The van der Waals surface area contributed by atoms with Gasteiger partial charge in [0, 0.05) is 13.1 Å². The molecule has 2 fully saturated rings. The highest BCUT2D eigenvalue weighted by molar-refractivity contribution is 7.80. The average molecular weight is 297 g/mol. The number of likely N-dealkylation sites (tertiary alicyclic amines) is 1. The summed E-state index contributed by atoms with van der Waals surface area (Å²) in [6.07, 6.45) is 8.29. The minimum absolute atomic E-state index is 0.0138. The van der Waals surface area contributed by atoms with Crippen molar-refractivity contribution in [1.29, 1.82) is 0 Å². The predicted molar refractivity (Wildman–Crippen MR) is 85.7 cm³/mol. The summed E-state index contributed by atoms with van der Waals surface area (Å²) in [5.74, 6) is 1.01. The van der Waals surface area contributed by atoms with Crippen LogP contribution in [0.25, 0.3) is 0 Å². The summed E-state index contributed by atoms with van der Waals surface area (Å²) in [6.45, 7) is 3.90. The largest absolute Gasteiger partial charge is 0.392 e. The van der Waals surface area contributed by atoms with Gasteiger partial charge >= 0.3 is 6.03 Å². The molecule has 5 heteroatoms. The number of nitrogens with zero attached hydrogens (tertiary/aromatic N) is 1. The van der Waals surface area contributed by atoms with E-state index in [-0.39, 0.29) is 12.1 Å². The Labute approximate surface area is 127 Å². The topological polar surface area (TPSA) is 58.4 Å². The molecule has 2 unspecified atom stereocenters. The van der Waals surface area contributed by atoms with Gasteiger partial charge in [-0.1, -0.05) is 38.4 Å². The second kappa shape index (κ2) is 7.25. The van der Waals surface area contributed by atoms with Crippen molar-refractivity contribution in [2.45, 2.75) is 57.9 Å². The minimum atomic E-state index is -0.130. The molecule has 0 aromatic carbocycles. The van der Waals surface area contributed by atoms with E-state index < -0.39 is 0 Å². The number of piperidine rings is 1. The zero-order valence-corrected chi connectivity index (χ0v) is 13.3. The maximum Gasteiger partial charge on any atom is 0.317 e. The van der Waals surface area contributed by atoms with Crippen LogP contribution in [0.2, 0.25) is 0 Å². The first-order valence-electron chi connectivity index (χ1n) is 7.92. The third-order valence-corrected chi connectivity index (χ3v) is 4.90. The lowest BCUT2D eigenvalue weighted by atomic mass is 9.84. The number of carbonyl (C=O) groups is 1. The molecular formula is C15H27N3OS. The van der Waals surface area contributed by atoms with E-state index in [0.717, 1.165) is 32.4 Å². The zero-order chi connectivity index (χ0) is 14.5. The Morgan fingerprint density at radius 1 is 1.25 bits per heavy atom. The normalized spacial score (nSPS) is 26.1. The highest BCUT2D eigenvalue weighted by Gasteiger charge is 2.29. The molecule has 4 nitrogen and oxygen atoms in total. The van der Waals surface area contributed by atoms with E-state index in [1.54, 1.807) is 0 Å². The highest BCUT2D eigenvalue weighted by Crippen LogP contribution is 2.27. The summed E-state index contributed by atoms with van der Waals surface area (Å²) in [5, 5.41) is 3.10. The van der Waals surface area contributed by atoms with Crippen LogP contribution in [-0.2, 0) is 0 Å². The molecule has 0 aromatic heterocycles. The van der Waals surface area contributed by atoms with Gasteiger partial charge in [0.25, 0.3) is 0 Å². The average Bonchev–Trinajstić information content (AvgIpc) is 2.45. The number of rotatable bonds is 3. The summed E-state index contributed by atoms with van der Waals surface area (Å²) >= 11 is 5.19. The van der Waals surface area contributed by atoms with E-state index in [9.17, 15) is 4.79 Å². The van der Waals surface area contributed by atoms with Crippen molar-refractivity contribution >= 4 is 23.2 Å². The van der Waals surface area contributed by atoms with Crippen LogP contribution >= 0.6 is 12.2 Å². The quantitative estimate of drug-likeness (QED) is 0.787. The van der Waals surface area contributed by atoms with Gasteiger partial charge in [0.15, 0.2) is 0 Å². The molecule has 1 saturated carbocycles. The van der Waals surface area contributed by atoms with Crippen molar-refractivity contribution in [3.8, 4) is 0 Å². The summed E-state index contributed by atoms with van der Waals surface area (Å²) in [5.41, 5.74) is 5.87. The monoisotopic (exact) mass is 297 g/mol. The maximum atomic E-state index is 12.4. The van der Waals surface area contributed by atoms with Gasteiger partial charge in [0.1, 0.15) is 0 Å². The third-order valence-electron chi connectivity index (χ3n) is 4.65. The Bertz CT molecular complexity index is 355. The summed E-state index contributed by atoms with van der Waals surface area (Å²) in [4.78, 5) is 14.8. The van der Waals surface area contributed by atoms with Crippen molar-refractivity contribution in [3.05, 3.63) is 0 Å². The Kier molecular flexibility index (Phi) is 5.64. The lowest BCUT2D eigenvalue weighted by Crippen LogP contribution is -2.54. The zero-order valence-electron chi connectivity index (χ0n) is 12.4. The number of urea groups is 1. The van der Waals surface area contributed by atoms with Crippen LogP contribution in [0, 0.1) is 11.8 Å². The van der Waals surface area contributed by atoms with E-state index in [4.69, 9.17) is 18.0 Å². The first kappa shape index (κ1) is 15.5. The van der Waals surface area contributed by atoms with Gasteiger partial charge in [-0.05, 0) is 37.5 Å². The Hall–Kier alpha value is -0.840. The van der Waals surface area contributed by atoms with Crippen LogP contribution in [0.3, 0.4) is 0 Å². The molecule has 2 aliphatic rings. The van der Waals surface area contributed by atoms with Gasteiger partial charge in [0.05, 0.1) is 11.0 Å². The fourth-order valence-corrected chi connectivity index (χ4v) is 3.74. The van der Waals surface area contributed by atoms with E-state index in [2.05, 4.69) is 12.2 Å². The first-order chi connectivity index (χ1) is 9.58. The molecule has 2 atom stereocenters. The van der Waals surface area contributed by atoms with Gasteiger partial charge < -0.3 is 16.0 Å². The molecule has 1 aliphatic carbocycles. The number of nitrogens with one attached hydrogen (secondary N) is 1.